The van der Waals surface area contributed by atoms with E-state index in [4.69, 9.17) is 0 Å². The van der Waals surface area contributed by atoms with Crippen LogP contribution in [0, 0.1) is 0 Å². The van der Waals surface area contributed by atoms with Crippen molar-refractivity contribution in [3.63, 3.8) is 0 Å². The van der Waals surface area contributed by atoms with Gasteiger partial charge in [0.2, 0.25) is 0 Å². The Bertz CT molecular complexity index is 156. The van der Waals surface area contributed by atoms with E-state index in [1.165, 1.54) is 11.3 Å². The molecule has 0 spiro atoms. The average Bonchev–Trinajstić information content (AvgIpc) is 1.88. The summed E-state index contributed by atoms with van der Waals surface area (Å²) in [5.74, 6) is 0. The second-order valence-electron chi connectivity index (χ2n) is 1.44. The first-order valence-electron chi connectivity index (χ1n) is 2.31. The Balaban J connectivity index is 2.51. The zero-order chi connectivity index (χ0) is 6.69. The van der Waals surface area contributed by atoms with Crippen LogP contribution in [-0.2, 0) is 0 Å². The van der Waals surface area contributed by atoms with Gasteiger partial charge in [0, 0.05) is 0 Å². The molecule has 0 aromatic rings. The third-order valence-corrected chi connectivity index (χ3v) is 1.16. The van der Waals surface area contributed by atoms with Gasteiger partial charge in [0.1, 0.15) is 10.9 Å². The van der Waals surface area contributed by atoms with Crippen molar-refractivity contribution in [1.29, 1.82) is 0 Å². The summed E-state index contributed by atoms with van der Waals surface area (Å²) in [4.78, 5) is 3.70. The number of nitrogens with zero attached hydrogens (tertiary/aromatic N) is 2. The normalized spacial score (nSPS) is 17.1. The molecule has 0 aromatic heterocycles. The molecule has 1 N–H and O–H groups in total. The van der Waals surface area contributed by atoms with E-state index in [1.807, 2.05) is 0 Å². The third-order valence-electron chi connectivity index (χ3n) is 0.773. The zero-order valence-electron chi connectivity index (χ0n) is 4.51. The van der Waals surface area contributed by atoms with Crippen molar-refractivity contribution in [2.45, 2.75) is 0 Å². The first-order valence-corrected chi connectivity index (χ1v) is 3.10. The van der Waals surface area contributed by atoms with E-state index >= 15 is 0 Å². The van der Waals surface area contributed by atoms with Gasteiger partial charge >= 0.3 is 0 Å². The number of aliphatic imine (C=N–C) groups is 1. The van der Waals surface area contributed by atoms with Crippen molar-refractivity contribution in [3.05, 3.63) is 10.8 Å². The predicted octanol–water partition coefficient (Wildman–Crippen LogP) is 0.956. The second kappa shape index (κ2) is 2.82. The van der Waals surface area contributed by atoms with Gasteiger partial charge in [-0.15, -0.1) is 0 Å². The van der Waals surface area contributed by atoms with Gasteiger partial charge in [0.05, 0.1) is 6.20 Å². The number of alkyl halides is 1. The Kier molecular flexibility index (Phi) is 2.05. The van der Waals surface area contributed by atoms with Gasteiger partial charge in [-0.25, -0.2) is 14.4 Å². The molecule has 1 aliphatic rings. The highest BCUT2D eigenvalue weighted by Crippen LogP contribution is 2.03. The molecule has 9 heavy (non-hydrogen) atoms. The van der Waals surface area contributed by atoms with Crippen molar-refractivity contribution >= 4 is 22.3 Å². The smallest absolute Gasteiger partial charge is 0.181 e. The van der Waals surface area contributed by atoms with Gasteiger partial charge < -0.3 is 0 Å². The maximum atomic E-state index is 11.8. The quantitative estimate of drug-likeness (QED) is 0.629. The molecule has 1 rings (SSSR count). The van der Waals surface area contributed by atoms with Crippen molar-refractivity contribution in [1.82, 2.24) is 10.4 Å². The molecule has 0 bridgehead atoms. The lowest BCUT2D eigenvalue weighted by Gasteiger charge is -2.18. The monoisotopic (exact) mass is 193 g/mol. The van der Waals surface area contributed by atoms with Crippen molar-refractivity contribution in [2.75, 3.05) is 6.80 Å². The van der Waals surface area contributed by atoms with E-state index in [0.29, 0.717) is 4.61 Å². The lowest BCUT2D eigenvalue weighted by Crippen LogP contribution is -2.35. The number of hydrazine groups is 1. The van der Waals surface area contributed by atoms with Crippen LogP contribution in [0.1, 0.15) is 0 Å². The molecule has 0 saturated heterocycles. The Morgan fingerprint density at radius 3 is 3.11 bits per heavy atom. The first kappa shape index (κ1) is 6.54. The molecule has 0 unspecified atom stereocenters. The van der Waals surface area contributed by atoms with Crippen LogP contribution >= 0.6 is 15.9 Å². The molecule has 3 nitrogen and oxygen atoms in total. The first-order chi connectivity index (χ1) is 4.33. The Hall–Kier alpha value is -0.580. The highest BCUT2D eigenvalue weighted by molar-refractivity contribution is 9.11. The fourth-order valence-electron chi connectivity index (χ4n) is 0.435. The number of rotatable bonds is 1. The molecule has 50 valence electrons. The maximum absolute atomic E-state index is 11.8. The number of halogens is 2. The minimum Gasteiger partial charge on any atom is -0.287 e. The van der Waals surface area contributed by atoms with Crippen LogP contribution in [0.4, 0.5) is 4.39 Å². The summed E-state index contributed by atoms with van der Waals surface area (Å²) < 4.78 is 12.4. The molecule has 0 radical (unpaired) electrons. The van der Waals surface area contributed by atoms with Crippen LogP contribution in [-0.4, -0.2) is 18.1 Å². The molecule has 1 aliphatic heterocycles. The minimum absolute atomic E-state index is 0.591. The van der Waals surface area contributed by atoms with E-state index in [-0.39, 0.29) is 0 Å². The van der Waals surface area contributed by atoms with Crippen LogP contribution in [0.15, 0.2) is 15.8 Å². The van der Waals surface area contributed by atoms with Gasteiger partial charge in [0.25, 0.3) is 0 Å². The number of hydrogen-bond acceptors (Lipinski definition) is 3. The Morgan fingerprint density at radius 2 is 2.67 bits per heavy atom. The van der Waals surface area contributed by atoms with Crippen LogP contribution in [0.2, 0.25) is 0 Å². The maximum Gasteiger partial charge on any atom is 0.181 e. The van der Waals surface area contributed by atoms with Crippen LogP contribution in [0.5, 0.6) is 0 Å². The fourth-order valence-corrected chi connectivity index (χ4v) is 0.781. The summed E-state index contributed by atoms with van der Waals surface area (Å²) in [6, 6.07) is 0. The Labute approximate surface area is 60.3 Å². The standard InChI is InChI=1S/C4H5BrFN3/c5-4-1-7-3-9(2-6)8-4/h1,3,8H,2H2. The predicted molar refractivity (Wildman–Crippen MR) is 36.5 cm³/mol. The van der Waals surface area contributed by atoms with Gasteiger partial charge in [0.15, 0.2) is 6.80 Å². The molecular formula is C4H5BrFN3. The molecule has 0 aliphatic carbocycles. The van der Waals surface area contributed by atoms with E-state index < -0.39 is 6.80 Å². The van der Waals surface area contributed by atoms with Gasteiger partial charge in [-0.3, -0.25) is 5.43 Å². The molecule has 0 amide bonds. The summed E-state index contributed by atoms with van der Waals surface area (Å²) in [5, 5.41) is 1.21. The topological polar surface area (TPSA) is 27.6 Å². The van der Waals surface area contributed by atoms with E-state index in [9.17, 15) is 4.39 Å². The summed E-state index contributed by atoms with van der Waals surface area (Å²) in [6.45, 7) is -0.591. The molecule has 0 atom stereocenters. The van der Waals surface area contributed by atoms with E-state index in [2.05, 4.69) is 26.3 Å². The van der Waals surface area contributed by atoms with Crippen LogP contribution in [0.3, 0.4) is 0 Å². The molecule has 0 saturated carbocycles. The molecule has 0 fully saturated rings. The molecule has 5 heteroatoms. The largest absolute Gasteiger partial charge is 0.287 e. The second-order valence-corrected chi connectivity index (χ2v) is 2.30. The van der Waals surface area contributed by atoms with Crippen molar-refractivity contribution < 1.29 is 4.39 Å². The number of nitrogens with one attached hydrogen (secondary N) is 1. The molecular weight excluding hydrogens is 189 g/mol. The van der Waals surface area contributed by atoms with Gasteiger partial charge in [-0.2, -0.15) is 0 Å². The van der Waals surface area contributed by atoms with E-state index in [0.717, 1.165) is 0 Å². The van der Waals surface area contributed by atoms with Crippen molar-refractivity contribution in [3.8, 4) is 0 Å². The fraction of sp³-hybridized carbons (Fsp3) is 0.250. The summed E-state index contributed by atoms with van der Waals surface area (Å²) >= 11 is 3.10. The highest BCUT2D eigenvalue weighted by Gasteiger charge is 2.01. The average molecular weight is 194 g/mol. The lowest BCUT2D eigenvalue weighted by atomic mass is 10.8. The summed E-state index contributed by atoms with van der Waals surface area (Å²) in [5.41, 5.74) is 2.65. The summed E-state index contributed by atoms with van der Waals surface area (Å²) in [7, 11) is 0. The van der Waals surface area contributed by atoms with Crippen LogP contribution < -0.4 is 5.43 Å². The van der Waals surface area contributed by atoms with Crippen molar-refractivity contribution in [2.24, 2.45) is 4.99 Å². The molecule has 1 heterocycles. The SMILES string of the molecule is FCN1C=NC=C(Br)N1. The Morgan fingerprint density at radius 1 is 1.89 bits per heavy atom. The van der Waals surface area contributed by atoms with Crippen LogP contribution in [0.25, 0.3) is 0 Å². The lowest BCUT2D eigenvalue weighted by molar-refractivity contribution is 0.244. The summed E-state index contributed by atoms with van der Waals surface area (Å²) in [6.07, 6.45) is 2.91. The highest BCUT2D eigenvalue weighted by atomic mass is 79.9. The van der Waals surface area contributed by atoms with Gasteiger partial charge in [-0.05, 0) is 15.9 Å². The molecule has 0 aromatic carbocycles. The minimum atomic E-state index is -0.591. The zero-order valence-corrected chi connectivity index (χ0v) is 6.10. The third kappa shape index (κ3) is 1.67. The number of hydrogen-bond donors (Lipinski definition) is 1. The van der Waals surface area contributed by atoms with Gasteiger partial charge in [-0.1, -0.05) is 0 Å². The van der Waals surface area contributed by atoms with E-state index in [1.54, 1.807) is 6.20 Å².